The topological polar surface area (TPSA) is 18.5 Å². The Balaban J connectivity index is 1.69. The Morgan fingerprint density at radius 3 is 2.38 bits per heavy atom. The summed E-state index contributed by atoms with van der Waals surface area (Å²) < 4.78 is 11.3. The Morgan fingerprint density at radius 1 is 1.00 bits per heavy atom. The van der Waals surface area contributed by atoms with Gasteiger partial charge >= 0.3 is 0 Å². The van der Waals surface area contributed by atoms with E-state index in [-0.39, 0.29) is 5.41 Å². The Labute approximate surface area is 126 Å². The molecule has 1 aliphatic rings. The lowest BCUT2D eigenvalue weighted by molar-refractivity contribution is -0.152. The summed E-state index contributed by atoms with van der Waals surface area (Å²) in [5.74, 6) is 0. The van der Waals surface area contributed by atoms with Gasteiger partial charge in [0.05, 0.1) is 26.4 Å². The van der Waals surface area contributed by atoms with Crippen LogP contribution >= 0.6 is 0 Å². The highest BCUT2D eigenvalue weighted by atomic mass is 16.5. The molecule has 0 aromatic heterocycles. The van der Waals surface area contributed by atoms with E-state index in [4.69, 9.17) is 9.47 Å². The molecular weight excluding hydrogens is 260 g/mol. The second-order valence-corrected chi connectivity index (χ2v) is 5.86. The van der Waals surface area contributed by atoms with Crippen molar-refractivity contribution in [2.75, 3.05) is 19.8 Å². The van der Waals surface area contributed by atoms with E-state index >= 15 is 0 Å². The van der Waals surface area contributed by atoms with Gasteiger partial charge in [-0.2, -0.15) is 0 Å². The van der Waals surface area contributed by atoms with E-state index in [1.165, 1.54) is 16.7 Å². The van der Waals surface area contributed by atoms with E-state index in [1.54, 1.807) is 0 Å². The fourth-order valence-electron chi connectivity index (χ4n) is 2.70. The zero-order valence-electron chi connectivity index (χ0n) is 12.5. The molecule has 1 aliphatic heterocycles. The Kier molecular flexibility index (Phi) is 4.37. The summed E-state index contributed by atoms with van der Waals surface area (Å²) in [4.78, 5) is 0. The lowest BCUT2D eigenvalue weighted by Crippen LogP contribution is -2.45. The van der Waals surface area contributed by atoms with Crippen LogP contribution in [-0.2, 0) is 16.1 Å². The van der Waals surface area contributed by atoms with E-state index < -0.39 is 0 Å². The number of rotatable bonds is 6. The molecule has 2 heteroatoms. The van der Waals surface area contributed by atoms with Gasteiger partial charge in [-0.05, 0) is 23.1 Å². The van der Waals surface area contributed by atoms with Gasteiger partial charge in [-0.1, -0.05) is 61.5 Å². The molecule has 110 valence electrons. The molecule has 0 unspecified atom stereocenters. The van der Waals surface area contributed by atoms with Gasteiger partial charge in [0, 0.05) is 5.41 Å². The van der Waals surface area contributed by atoms with E-state index in [1.807, 2.05) is 6.07 Å². The molecule has 0 aliphatic carbocycles. The molecule has 3 rings (SSSR count). The third-order valence-corrected chi connectivity index (χ3v) is 4.33. The number of hydrogen-bond donors (Lipinski definition) is 0. The summed E-state index contributed by atoms with van der Waals surface area (Å²) in [5, 5.41) is 0. The van der Waals surface area contributed by atoms with Gasteiger partial charge in [0.25, 0.3) is 0 Å². The average molecular weight is 282 g/mol. The van der Waals surface area contributed by atoms with Gasteiger partial charge in [-0.3, -0.25) is 0 Å². The predicted molar refractivity (Wildman–Crippen MR) is 85.1 cm³/mol. The number of ether oxygens (including phenoxy) is 2. The summed E-state index contributed by atoms with van der Waals surface area (Å²) in [6.07, 6.45) is 1.12. The van der Waals surface area contributed by atoms with Crippen LogP contribution in [0.15, 0.2) is 54.6 Å². The molecule has 1 saturated heterocycles. The average Bonchev–Trinajstić information content (AvgIpc) is 2.51. The summed E-state index contributed by atoms with van der Waals surface area (Å²) in [6.45, 7) is 5.33. The van der Waals surface area contributed by atoms with Gasteiger partial charge in [0.1, 0.15) is 0 Å². The van der Waals surface area contributed by atoms with Crippen LogP contribution in [0, 0.1) is 5.41 Å². The number of benzene rings is 2. The maximum absolute atomic E-state index is 6.00. The molecule has 0 atom stereocenters. The van der Waals surface area contributed by atoms with Crippen molar-refractivity contribution in [2.45, 2.75) is 20.0 Å². The maximum atomic E-state index is 6.00. The van der Waals surface area contributed by atoms with Crippen molar-refractivity contribution in [1.82, 2.24) is 0 Å². The highest BCUT2D eigenvalue weighted by Crippen LogP contribution is 2.32. The normalized spacial score (nSPS) is 16.4. The van der Waals surface area contributed by atoms with Crippen LogP contribution in [0.4, 0.5) is 0 Å². The van der Waals surface area contributed by atoms with E-state index in [0.717, 1.165) is 26.2 Å². The van der Waals surface area contributed by atoms with E-state index in [2.05, 4.69) is 55.5 Å². The first-order chi connectivity index (χ1) is 10.3. The van der Waals surface area contributed by atoms with E-state index in [0.29, 0.717) is 6.61 Å². The molecule has 0 amide bonds. The maximum Gasteiger partial charge on any atom is 0.0723 e. The number of hydrogen-bond acceptors (Lipinski definition) is 2. The zero-order chi connectivity index (χ0) is 14.5. The molecule has 0 bridgehead atoms. The first-order valence-corrected chi connectivity index (χ1v) is 7.62. The smallest absolute Gasteiger partial charge is 0.0723 e. The zero-order valence-corrected chi connectivity index (χ0v) is 12.5. The first kappa shape index (κ1) is 14.3. The second-order valence-electron chi connectivity index (χ2n) is 5.86. The molecule has 21 heavy (non-hydrogen) atoms. The molecule has 0 N–H and O–H groups in total. The third kappa shape index (κ3) is 3.17. The molecule has 0 saturated carbocycles. The van der Waals surface area contributed by atoms with Gasteiger partial charge in [0.2, 0.25) is 0 Å². The van der Waals surface area contributed by atoms with E-state index in [9.17, 15) is 0 Å². The SMILES string of the molecule is CCC1(COCc2ccccc2-c2ccccc2)COC1. The highest BCUT2D eigenvalue weighted by molar-refractivity contribution is 5.66. The van der Waals surface area contributed by atoms with Crippen molar-refractivity contribution >= 4 is 0 Å². The summed E-state index contributed by atoms with van der Waals surface area (Å²) in [5.41, 5.74) is 4.00. The predicted octanol–water partition coefficient (Wildman–Crippen LogP) is 4.30. The monoisotopic (exact) mass is 282 g/mol. The summed E-state index contributed by atoms with van der Waals surface area (Å²) in [7, 11) is 0. The van der Waals surface area contributed by atoms with Crippen molar-refractivity contribution in [3.63, 3.8) is 0 Å². The van der Waals surface area contributed by atoms with Gasteiger partial charge in [-0.25, -0.2) is 0 Å². The lowest BCUT2D eigenvalue weighted by Gasteiger charge is -2.40. The quantitative estimate of drug-likeness (QED) is 0.786. The van der Waals surface area contributed by atoms with Crippen LogP contribution in [0.3, 0.4) is 0 Å². The molecule has 2 nitrogen and oxygen atoms in total. The third-order valence-electron chi connectivity index (χ3n) is 4.33. The first-order valence-electron chi connectivity index (χ1n) is 7.62. The molecule has 1 fully saturated rings. The Bertz CT molecular complexity index is 568. The lowest BCUT2D eigenvalue weighted by atomic mass is 9.84. The summed E-state index contributed by atoms with van der Waals surface area (Å²) in [6, 6.07) is 19.0. The van der Waals surface area contributed by atoms with Crippen molar-refractivity contribution < 1.29 is 9.47 Å². The fourth-order valence-corrected chi connectivity index (χ4v) is 2.70. The molecular formula is C19H22O2. The van der Waals surface area contributed by atoms with Crippen LogP contribution in [0.2, 0.25) is 0 Å². The summed E-state index contributed by atoms with van der Waals surface area (Å²) >= 11 is 0. The highest BCUT2D eigenvalue weighted by Gasteiger charge is 2.36. The van der Waals surface area contributed by atoms with Crippen LogP contribution in [-0.4, -0.2) is 19.8 Å². The standard InChI is InChI=1S/C19H22O2/c1-2-19(14-21-15-19)13-20-12-17-10-6-7-11-18(17)16-8-4-3-5-9-16/h3-11H,2,12-15H2,1H3. The van der Waals surface area contributed by atoms with Crippen molar-refractivity contribution in [3.8, 4) is 11.1 Å². The van der Waals surface area contributed by atoms with Gasteiger partial charge < -0.3 is 9.47 Å². The van der Waals surface area contributed by atoms with Crippen LogP contribution in [0.25, 0.3) is 11.1 Å². The minimum Gasteiger partial charge on any atom is -0.380 e. The Hall–Kier alpha value is -1.64. The van der Waals surface area contributed by atoms with Crippen molar-refractivity contribution in [2.24, 2.45) is 5.41 Å². The van der Waals surface area contributed by atoms with Crippen molar-refractivity contribution in [1.29, 1.82) is 0 Å². The molecule has 2 aromatic rings. The molecule has 2 aromatic carbocycles. The molecule has 0 radical (unpaired) electrons. The second kappa shape index (κ2) is 6.42. The minimum absolute atomic E-state index is 0.252. The molecule has 1 heterocycles. The van der Waals surface area contributed by atoms with Crippen LogP contribution in [0.1, 0.15) is 18.9 Å². The van der Waals surface area contributed by atoms with Crippen LogP contribution < -0.4 is 0 Å². The molecule has 0 spiro atoms. The minimum atomic E-state index is 0.252. The van der Waals surface area contributed by atoms with Crippen LogP contribution in [0.5, 0.6) is 0 Å². The Morgan fingerprint density at radius 2 is 1.71 bits per heavy atom. The largest absolute Gasteiger partial charge is 0.380 e. The van der Waals surface area contributed by atoms with Gasteiger partial charge in [0.15, 0.2) is 0 Å². The van der Waals surface area contributed by atoms with Gasteiger partial charge in [-0.15, -0.1) is 0 Å². The van der Waals surface area contributed by atoms with Crippen molar-refractivity contribution in [3.05, 3.63) is 60.2 Å². The fraction of sp³-hybridized carbons (Fsp3) is 0.368.